The highest BCUT2D eigenvalue weighted by Gasteiger charge is 2.05. The van der Waals surface area contributed by atoms with Crippen LogP contribution in [-0.4, -0.2) is 22.0 Å². The average molecular weight is 206 g/mol. The van der Waals surface area contributed by atoms with Gasteiger partial charge in [0.1, 0.15) is 5.82 Å². The maximum atomic E-state index is 11.1. The molecule has 0 fully saturated rings. The molecule has 1 aromatic rings. The van der Waals surface area contributed by atoms with Crippen molar-refractivity contribution in [2.45, 2.75) is 6.92 Å². The third-order valence-corrected chi connectivity index (χ3v) is 1.54. The fourth-order valence-corrected chi connectivity index (χ4v) is 0.943. The largest absolute Gasteiger partial charge is 0.477 e. The first kappa shape index (κ1) is 10.9. The number of hydrogen-bond donors (Lipinski definition) is 2. The molecule has 0 unspecified atom stereocenters. The lowest BCUT2D eigenvalue weighted by Gasteiger charge is -2.01. The van der Waals surface area contributed by atoms with Crippen LogP contribution < -0.4 is 5.32 Å². The lowest BCUT2D eigenvalue weighted by molar-refractivity contribution is -0.111. The molecule has 5 heteroatoms. The fraction of sp³-hybridized carbons (Fsp3) is 0.100. The number of aromatic carboxylic acids is 1. The second-order valence-corrected chi connectivity index (χ2v) is 2.70. The number of aromatic nitrogens is 1. The molecular weight excluding hydrogens is 196 g/mol. The molecule has 2 N–H and O–H groups in total. The molecule has 5 nitrogen and oxygen atoms in total. The summed E-state index contributed by atoms with van der Waals surface area (Å²) in [5.41, 5.74) is -0.103. The molecule has 0 aliphatic carbocycles. The van der Waals surface area contributed by atoms with Crippen molar-refractivity contribution in [2.24, 2.45) is 0 Å². The third-order valence-electron chi connectivity index (χ3n) is 1.54. The molecule has 0 saturated heterocycles. The van der Waals surface area contributed by atoms with Crippen molar-refractivity contribution in [3.8, 4) is 0 Å². The summed E-state index contributed by atoms with van der Waals surface area (Å²) in [5.74, 6) is -1.25. The van der Waals surface area contributed by atoms with Crippen LogP contribution in [-0.2, 0) is 4.79 Å². The molecule has 0 aliphatic rings. The minimum absolute atomic E-state index is 0.103. The zero-order valence-electron chi connectivity index (χ0n) is 8.10. The number of hydrogen-bond acceptors (Lipinski definition) is 3. The third kappa shape index (κ3) is 3.22. The van der Waals surface area contributed by atoms with Crippen LogP contribution in [0.25, 0.3) is 0 Å². The SMILES string of the molecule is CC=CC(=O)Nc1cccc(C(=O)O)n1. The number of carboxylic acid groups (broad SMARTS) is 1. The summed E-state index contributed by atoms with van der Waals surface area (Å²) >= 11 is 0. The Morgan fingerprint density at radius 3 is 2.80 bits per heavy atom. The van der Waals surface area contributed by atoms with Gasteiger partial charge in [0, 0.05) is 0 Å². The number of nitrogens with one attached hydrogen (secondary N) is 1. The summed E-state index contributed by atoms with van der Waals surface area (Å²) in [5, 5.41) is 11.1. The van der Waals surface area contributed by atoms with E-state index in [1.165, 1.54) is 24.3 Å². The Bertz CT molecular complexity index is 413. The van der Waals surface area contributed by atoms with Crippen LogP contribution in [0.4, 0.5) is 5.82 Å². The molecule has 0 aliphatic heterocycles. The summed E-state index contributed by atoms with van der Waals surface area (Å²) in [6, 6.07) is 4.39. The molecule has 1 rings (SSSR count). The van der Waals surface area contributed by atoms with Crippen molar-refractivity contribution in [1.29, 1.82) is 0 Å². The maximum absolute atomic E-state index is 11.1. The lowest BCUT2D eigenvalue weighted by atomic mass is 10.3. The number of carbonyl (C=O) groups excluding carboxylic acids is 1. The standard InChI is InChI=1S/C10H10N2O3/c1-2-4-9(13)12-8-6-3-5-7(11-8)10(14)15/h2-6H,1H3,(H,14,15)(H,11,12,13). The molecule has 0 bridgehead atoms. The van der Waals surface area contributed by atoms with Gasteiger partial charge >= 0.3 is 5.97 Å². The monoisotopic (exact) mass is 206 g/mol. The fourth-order valence-electron chi connectivity index (χ4n) is 0.943. The molecule has 0 atom stereocenters. The van der Waals surface area contributed by atoms with Gasteiger partial charge in [-0.15, -0.1) is 0 Å². The van der Waals surface area contributed by atoms with E-state index >= 15 is 0 Å². The summed E-state index contributed by atoms with van der Waals surface area (Å²) in [7, 11) is 0. The predicted molar refractivity (Wildman–Crippen MR) is 54.6 cm³/mol. The number of anilines is 1. The normalized spacial score (nSPS) is 10.2. The van der Waals surface area contributed by atoms with Gasteiger partial charge in [0.2, 0.25) is 5.91 Å². The number of nitrogens with zero attached hydrogens (tertiary/aromatic N) is 1. The van der Waals surface area contributed by atoms with Crippen LogP contribution in [0.2, 0.25) is 0 Å². The van der Waals surface area contributed by atoms with E-state index in [0.29, 0.717) is 0 Å². The number of amides is 1. The molecule has 0 aromatic carbocycles. The number of allylic oxidation sites excluding steroid dienone is 1. The maximum Gasteiger partial charge on any atom is 0.354 e. The molecule has 1 amide bonds. The second-order valence-electron chi connectivity index (χ2n) is 2.70. The Hall–Kier alpha value is -2.17. The van der Waals surface area contributed by atoms with Gasteiger partial charge in [-0.05, 0) is 25.1 Å². The van der Waals surface area contributed by atoms with E-state index in [0.717, 1.165) is 0 Å². The van der Waals surface area contributed by atoms with E-state index in [1.54, 1.807) is 13.0 Å². The molecule has 0 saturated carbocycles. The zero-order chi connectivity index (χ0) is 11.3. The Balaban J connectivity index is 2.82. The highest BCUT2D eigenvalue weighted by atomic mass is 16.4. The molecular formula is C10H10N2O3. The van der Waals surface area contributed by atoms with E-state index < -0.39 is 5.97 Å². The van der Waals surface area contributed by atoms with Gasteiger partial charge in [-0.2, -0.15) is 0 Å². The van der Waals surface area contributed by atoms with E-state index in [-0.39, 0.29) is 17.4 Å². The van der Waals surface area contributed by atoms with Crippen molar-refractivity contribution in [1.82, 2.24) is 4.98 Å². The van der Waals surface area contributed by atoms with Crippen molar-refractivity contribution in [2.75, 3.05) is 5.32 Å². The molecule has 78 valence electrons. The number of pyridine rings is 1. The minimum Gasteiger partial charge on any atom is -0.477 e. The van der Waals surface area contributed by atoms with Crippen LogP contribution in [0, 0.1) is 0 Å². The van der Waals surface area contributed by atoms with Gasteiger partial charge in [-0.3, -0.25) is 4.79 Å². The summed E-state index contributed by atoms with van der Waals surface area (Å²) in [4.78, 5) is 25.4. The van der Waals surface area contributed by atoms with E-state index in [1.807, 2.05) is 0 Å². The average Bonchev–Trinajstić information content (AvgIpc) is 2.18. The second kappa shape index (κ2) is 4.90. The van der Waals surface area contributed by atoms with E-state index in [9.17, 15) is 9.59 Å². The number of rotatable bonds is 3. The quantitative estimate of drug-likeness (QED) is 0.730. The van der Waals surface area contributed by atoms with Crippen LogP contribution in [0.3, 0.4) is 0 Å². The smallest absolute Gasteiger partial charge is 0.354 e. The molecule has 0 spiro atoms. The number of carbonyl (C=O) groups is 2. The topological polar surface area (TPSA) is 79.3 Å². The Morgan fingerprint density at radius 1 is 1.47 bits per heavy atom. The van der Waals surface area contributed by atoms with Gasteiger partial charge in [0.05, 0.1) is 0 Å². The Morgan fingerprint density at radius 2 is 2.20 bits per heavy atom. The molecule has 1 heterocycles. The first-order chi connectivity index (χ1) is 7.13. The molecule has 1 aromatic heterocycles. The molecule has 0 radical (unpaired) electrons. The highest BCUT2D eigenvalue weighted by molar-refractivity contribution is 5.98. The summed E-state index contributed by atoms with van der Waals surface area (Å²) < 4.78 is 0. The molecule has 15 heavy (non-hydrogen) atoms. The van der Waals surface area contributed by atoms with Gasteiger partial charge in [0.25, 0.3) is 0 Å². The van der Waals surface area contributed by atoms with Crippen LogP contribution in [0.5, 0.6) is 0 Å². The predicted octanol–water partition coefficient (Wildman–Crippen LogP) is 1.29. The van der Waals surface area contributed by atoms with Crippen molar-refractivity contribution >= 4 is 17.7 Å². The summed E-state index contributed by atoms with van der Waals surface area (Å²) in [6.45, 7) is 1.71. The Kier molecular flexibility index (Phi) is 3.56. The number of carboxylic acids is 1. The van der Waals surface area contributed by atoms with Crippen molar-refractivity contribution < 1.29 is 14.7 Å². The van der Waals surface area contributed by atoms with Crippen LogP contribution in [0.1, 0.15) is 17.4 Å². The Labute approximate surface area is 86.5 Å². The van der Waals surface area contributed by atoms with Crippen LogP contribution in [0.15, 0.2) is 30.4 Å². The van der Waals surface area contributed by atoms with Gasteiger partial charge in [-0.1, -0.05) is 12.1 Å². The van der Waals surface area contributed by atoms with Crippen molar-refractivity contribution in [3.63, 3.8) is 0 Å². The lowest BCUT2D eigenvalue weighted by Crippen LogP contribution is -2.11. The van der Waals surface area contributed by atoms with E-state index in [2.05, 4.69) is 10.3 Å². The van der Waals surface area contributed by atoms with Crippen molar-refractivity contribution in [3.05, 3.63) is 36.0 Å². The van der Waals surface area contributed by atoms with Crippen LogP contribution >= 0.6 is 0 Å². The summed E-state index contributed by atoms with van der Waals surface area (Å²) in [6.07, 6.45) is 2.91. The van der Waals surface area contributed by atoms with E-state index in [4.69, 9.17) is 5.11 Å². The highest BCUT2D eigenvalue weighted by Crippen LogP contribution is 2.04. The zero-order valence-corrected chi connectivity index (χ0v) is 8.10. The van der Waals surface area contributed by atoms with Gasteiger partial charge in [-0.25, -0.2) is 9.78 Å². The van der Waals surface area contributed by atoms with Gasteiger partial charge in [0.15, 0.2) is 5.69 Å². The van der Waals surface area contributed by atoms with Gasteiger partial charge < -0.3 is 10.4 Å². The minimum atomic E-state index is -1.13. The first-order valence-corrected chi connectivity index (χ1v) is 4.27. The first-order valence-electron chi connectivity index (χ1n) is 4.27.